The van der Waals surface area contributed by atoms with Crippen LogP contribution in [0.5, 0.6) is 0 Å². The van der Waals surface area contributed by atoms with Crippen molar-refractivity contribution < 1.29 is 4.79 Å². The minimum absolute atomic E-state index is 0.0185. The molecule has 7 nitrogen and oxygen atoms in total. The van der Waals surface area contributed by atoms with Gasteiger partial charge in [0.2, 0.25) is 23.1 Å². The van der Waals surface area contributed by atoms with Crippen molar-refractivity contribution in [1.29, 1.82) is 0 Å². The Morgan fingerprint density at radius 2 is 2.00 bits per heavy atom. The Labute approximate surface area is 110 Å². The molecule has 2 rings (SSSR count). The van der Waals surface area contributed by atoms with E-state index >= 15 is 0 Å². The molecule has 0 bridgehead atoms. The van der Waals surface area contributed by atoms with Crippen LogP contribution in [0.3, 0.4) is 0 Å². The summed E-state index contributed by atoms with van der Waals surface area (Å²) in [5.74, 6) is -0.0762. The molecule has 0 radical (unpaired) electrons. The number of amides is 1. The summed E-state index contributed by atoms with van der Waals surface area (Å²) in [5.41, 5.74) is 10.8. The molecule has 0 spiro atoms. The van der Waals surface area contributed by atoms with E-state index in [-0.39, 0.29) is 23.8 Å². The largest absolute Gasteiger partial charge is 0.368 e. The summed E-state index contributed by atoms with van der Waals surface area (Å²) in [6.07, 6.45) is 4.20. The van der Waals surface area contributed by atoms with Crippen molar-refractivity contribution in [2.24, 2.45) is 5.73 Å². The van der Waals surface area contributed by atoms with Crippen molar-refractivity contribution in [2.45, 2.75) is 31.7 Å². The van der Waals surface area contributed by atoms with Crippen LogP contribution in [-0.4, -0.2) is 33.4 Å². The van der Waals surface area contributed by atoms with E-state index in [4.69, 9.17) is 23.1 Å². The summed E-state index contributed by atoms with van der Waals surface area (Å²) in [7, 11) is 0. The SMILES string of the molecule is NC(=O)CN(c1nc(N)nc(Cl)n1)C1CCCC1. The summed E-state index contributed by atoms with van der Waals surface area (Å²) in [6.45, 7) is 0.0600. The van der Waals surface area contributed by atoms with Gasteiger partial charge in [0.1, 0.15) is 0 Å². The third-order valence-corrected chi connectivity index (χ3v) is 3.13. The van der Waals surface area contributed by atoms with Gasteiger partial charge in [0.15, 0.2) is 0 Å². The first kappa shape index (κ1) is 12.8. The second-order valence-corrected chi connectivity index (χ2v) is 4.63. The normalized spacial score (nSPS) is 15.8. The molecule has 0 aliphatic heterocycles. The highest BCUT2D eigenvalue weighted by Crippen LogP contribution is 2.26. The topological polar surface area (TPSA) is 111 Å². The summed E-state index contributed by atoms with van der Waals surface area (Å²) in [5, 5.41) is 0.0185. The van der Waals surface area contributed by atoms with Crippen molar-refractivity contribution in [2.75, 3.05) is 17.2 Å². The predicted octanol–water partition coefficient (Wildman–Crippen LogP) is 0.341. The summed E-state index contributed by atoms with van der Waals surface area (Å²) < 4.78 is 0. The molecule has 1 aliphatic carbocycles. The standard InChI is InChI=1S/C10H15ClN6O/c11-8-14-9(13)16-10(15-8)17(5-7(12)18)6-3-1-2-4-6/h6H,1-5H2,(H2,12,18)(H2,13,14,15,16). The van der Waals surface area contributed by atoms with Crippen LogP contribution in [0.4, 0.5) is 11.9 Å². The Kier molecular flexibility index (Phi) is 3.81. The molecule has 1 saturated carbocycles. The van der Waals surface area contributed by atoms with Crippen LogP contribution in [0, 0.1) is 0 Å². The number of nitrogen functional groups attached to an aromatic ring is 1. The molecule has 18 heavy (non-hydrogen) atoms. The maximum absolute atomic E-state index is 11.2. The molecule has 1 aromatic rings. The van der Waals surface area contributed by atoms with Crippen LogP contribution >= 0.6 is 11.6 Å². The fourth-order valence-corrected chi connectivity index (χ4v) is 2.39. The summed E-state index contributed by atoms with van der Waals surface area (Å²) in [4.78, 5) is 24.7. The molecule has 98 valence electrons. The number of carbonyl (C=O) groups is 1. The monoisotopic (exact) mass is 270 g/mol. The molecule has 0 unspecified atom stereocenters. The van der Waals surface area contributed by atoms with Crippen LogP contribution in [-0.2, 0) is 4.79 Å². The zero-order chi connectivity index (χ0) is 13.1. The van der Waals surface area contributed by atoms with E-state index in [2.05, 4.69) is 15.0 Å². The number of hydrogen-bond acceptors (Lipinski definition) is 6. The zero-order valence-corrected chi connectivity index (χ0v) is 10.6. The van der Waals surface area contributed by atoms with E-state index in [0.29, 0.717) is 5.95 Å². The maximum Gasteiger partial charge on any atom is 0.237 e. The molecule has 1 aromatic heterocycles. The molecule has 0 saturated heterocycles. The van der Waals surface area contributed by atoms with Crippen LogP contribution in [0.2, 0.25) is 5.28 Å². The van der Waals surface area contributed by atoms with E-state index in [9.17, 15) is 4.79 Å². The van der Waals surface area contributed by atoms with Gasteiger partial charge < -0.3 is 16.4 Å². The molecule has 1 fully saturated rings. The number of halogens is 1. The zero-order valence-electron chi connectivity index (χ0n) is 9.84. The number of primary amides is 1. The Balaban J connectivity index is 2.28. The van der Waals surface area contributed by atoms with Gasteiger partial charge in [-0.15, -0.1) is 0 Å². The van der Waals surface area contributed by atoms with Gasteiger partial charge in [0, 0.05) is 6.04 Å². The number of rotatable bonds is 4. The molecule has 1 aliphatic rings. The van der Waals surface area contributed by atoms with E-state index in [1.807, 2.05) is 0 Å². The van der Waals surface area contributed by atoms with Gasteiger partial charge in [0.25, 0.3) is 0 Å². The van der Waals surface area contributed by atoms with E-state index < -0.39 is 5.91 Å². The molecule has 1 amide bonds. The van der Waals surface area contributed by atoms with Crippen LogP contribution in [0.15, 0.2) is 0 Å². The molecular formula is C10H15ClN6O. The lowest BCUT2D eigenvalue weighted by atomic mass is 10.2. The summed E-state index contributed by atoms with van der Waals surface area (Å²) in [6, 6.07) is 0.204. The first-order chi connectivity index (χ1) is 8.56. The van der Waals surface area contributed by atoms with E-state index in [0.717, 1.165) is 25.7 Å². The number of hydrogen-bond donors (Lipinski definition) is 2. The van der Waals surface area contributed by atoms with Crippen LogP contribution in [0.1, 0.15) is 25.7 Å². The van der Waals surface area contributed by atoms with E-state index in [1.165, 1.54) is 0 Å². The van der Waals surface area contributed by atoms with Gasteiger partial charge in [-0.25, -0.2) is 0 Å². The third kappa shape index (κ3) is 2.98. The van der Waals surface area contributed by atoms with Crippen molar-refractivity contribution >= 4 is 29.4 Å². The smallest absolute Gasteiger partial charge is 0.237 e. The molecule has 0 atom stereocenters. The van der Waals surface area contributed by atoms with Gasteiger partial charge in [-0.3, -0.25) is 4.79 Å². The molecule has 4 N–H and O–H groups in total. The Hall–Kier alpha value is -1.63. The van der Waals surface area contributed by atoms with Crippen LogP contribution in [0.25, 0.3) is 0 Å². The average Bonchev–Trinajstić information content (AvgIpc) is 2.77. The Bertz CT molecular complexity index is 428. The van der Waals surface area contributed by atoms with Gasteiger partial charge in [-0.2, -0.15) is 15.0 Å². The fraction of sp³-hybridized carbons (Fsp3) is 0.600. The van der Waals surface area contributed by atoms with Crippen molar-refractivity contribution in [3.05, 3.63) is 5.28 Å². The van der Waals surface area contributed by atoms with Gasteiger partial charge in [-0.05, 0) is 24.4 Å². The fourth-order valence-electron chi connectivity index (χ4n) is 2.23. The maximum atomic E-state index is 11.2. The second kappa shape index (κ2) is 5.34. The Morgan fingerprint density at radius 1 is 1.33 bits per heavy atom. The van der Waals surface area contributed by atoms with Crippen LogP contribution < -0.4 is 16.4 Å². The van der Waals surface area contributed by atoms with Gasteiger partial charge in [0.05, 0.1) is 6.54 Å². The molecule has 8 heteroatoms. The lowest BCUT2D eigenvalue weighted by Gasteiger charge is -2.27. The number of nitrogens with two attached hydrogens (primary N) is 2. The van der Waals surface area contributed by atoms with Gasteiger partial charge in [-0.1, -0.05) is 12.8 Å². The quantitative estimate of drug-likeness (QED) is 0.816. The number of carbonyl (C=O) groups excluding carboxylic acids is 1. The average molecular weight is 271 g/mol. The highest BCUT2D eigenvalue weighted by Gasteiger charge is 2.26. The number of nitrogens with zero attached hydrogens (tertiary/aromatic N) is 4. The highest BCUT2D eigenvalue weighted by atomic mass is 35.5. The minimum Gasteiger partial charge on any atom is -0.368 e. The minimum atomic E-state index is -0.433. The van der Waals surface area contributed by atoms with Crippen molar-refractivity contribution in [1.82, 2.24) is 15.0 Å². The molecule has 1 heterocycles. The molecular weight excluding hydrogens is 256 g/mol. The number of anilines is 2. The van der Waals surface area contributed by atoms with Crippen molar-refractivity contribution in [3.63, 3.8) is 0 Å². The first-order valence-electron chi connectivity index (χ1n) is 5.78. The summed E-state index contributed by atoms with van der Waals surface area (Å²) >= 11 is 5.75. The van der Waals surface area contributed by atoms with Crippen molar-refractivity contribution in [3.8, 4) is 0 Å². The van der Waals surface area contributed by atoms with E-state index in [1.54, 1.807) is 4.90 Å². The highest BCUT2D eigenvalue weighted by molar-refractivity contribution is 6.28. The van der Waals surface area contributed by atoms with Gasteiger partial charge >= 0.3 is 0 Å². The second-order valence-electron chi connectivity index (χ2n) is 4.30. The molecule has 0 aromatic carbocycles. The third-order valence-electron chi connectivity index (χ3n) is 2.96. The first-order valence-corrected chi connectivity index (χ1v) is 6.16. The Morgan fingerprint density at radius 3 is 2.56 bits per heavy atom. The lowest BCUT2D eigenvalue weighted by Crippen LogP contribution is -2.41. The predicted molar refractivity (Wildman–Crippen MR) is 68.0 cm³/mol. The number of aromatic nitrogens is 3. The lowest BCUT2D eigenvalue weighted by molar-refractivity contribution is -0.116.